The van der Waals surface area contributed by atoms with Crippen molar-refractivity contribution in [1.29, 1.82) is 0 Å². The first-order chi connectivity index (χ1) is 7.19. The first-order valence-electron chi connectivity index (χ1n) is 4.84. The number of hydrogen-bond acceptors (Lipinski definition) is 3. The van der Waals surface area contributed by atoms with Crippen molar-refractivity contribution < 1.29 is 9.90 Å². The van der Waals surface area contributed by atoms with Crippen molar-refractivity contribution >= 4 is 21.8 Å². The van der Waals surface area contributed by atoms with Gasteiger partial charge < -0.3 is 10.8 Å². The zero-order chi connectivity index (χ0) is 12.6. The van der Waals surface area contributed by atoms with Crippen molar-refractivity contribution in [2.75, 3.05) is 0 Å². The summed E-state index contributed by atoms with van der Waals surface area (Å²) >= 11 is 3.24. The standard InChI is InChI=1S/C11H15BrN2O2/c1-10(2,3)11(16,9(13)15)8-5-4-7(12)6-14-8/h4-6,16H,1-3H3,(H2,13,15). The van der Waals surface area contributed by atoms with Crippen LogP contribution in [0.2, 0.25) is 0 Å². The van der Waals surface area contributed by atoms with Crippen LogP contribution in [-0.2, 0) is 10.4 Å². The number of pyridine rings is 1. The number of aliphatic hydroxyl groups is 1. The van der Waals surface area contributed by atoms with E-state index in [1.807, 2.05) is 0 Å². The molecule has 5 heteroatoms. The average Bonchev–Trinajstić information content (AvgIpc) is 2.15. The molecule has 4 nitrogen and oxygen atoms in total. The largest absolute Gasteiger partial charge is 0.374 e. The molecule has 1 unspecified atom stereocenters. The third-order valence-electron chi connectivity index (χ3n) is 2.54. The van der Waals surface area contributed by atoms with E-state index >= 15 is 0 Å². The van der Waals surface area contributed by atoms with E-state index in [-0.39, 0.29) is 5.69 Å². The third-order valence-corrected chi connectivity index (χ3v) is 3.01. The Balaban J connectivity index is 3.34. The van der Waals surface area contributed by atoms with Gasteiger partial charge in [-0.15, -0.1) is 0 Å². The minimum atomic E-state index is -1.77. The van der Waals surface area contributed by atoms with Crippen LogP contribution in [0, 0.1) is 5.41 Å². The second-order valence-electron chi connectivity index (χ2n) is 4.69. The van der Waals surface area contributed by atoms with Crippen molar-refractivity contribution in [3.63, 3.8) is 0 Å². The van der Waals surface area contributed by atoms with Crippen molar-refractivity contribution in [3.05, 3.63) is 28.5 Å². The Hall–Kier alpha value is -0.940. The summed E-state index contributed by atoms with van der Waals surface area (Å²) in [7, 11) is 0. The fourth-order valence-electron chi connectivity index (χ4n) is 1.47. The van der Waals surface area contributed by atoms with Crippen molar-refractivity contribution in [2.24, 2.45) is 11.1 Å². The number of carbonyl (C=O) groups is 1. The monoisotopic (exact) mass is 286 g/mol. The summed E-state index contributed by atoms with van der Waals surface area (Å²) in [6.45, 7) is 5.21. The van der Waals surface area contributed by atoms with E-state index in [4.69, 9.17) is 5.73 Å². The summed E-state index contributed by atoms with van der Waals surface area (Å²) in [5, 5.41) is 10.4. The molecule has 16 heavy (non-hydrogen) atoms. The topological polar surface area (TPSA) is 76.2 Å². The number of carbonyl (C=O) groups excluding carboxylic acids is 1. The van der Waals surface area contributed by atoms with Gasteiger partial charge in [-0.2, -0.15) is 0 Å². The van der Waals surface area contributed by atoms with E-state index in [0.29, 0.717) is 0 Å². The van der Waals surface area contributed by atoms with Gasteiger partial charge in [-0.05, 0) is 28.1 Å². The molecule has 0 aromatic carbocycles. The number of primary amides is 1. The lowest BCUT2D eigenvalue weighted by Crippen LogP contribution is -2.51. The van der Waals surface area contributed by atoms with Crippen LogP contribution in [0.3, 0.4) is 0 Å². The highest BCUT2D eigenvalue weighted by Crippen LogP contribution is 2.38. The maximum Gasteiger partial charge on any atom is 0.256 e. The van der Waals surface area contributed by atoms with Crippen LogP contribution in [0.15, 0.2) is 22.8 Å². The van der Waals surface area contributed by atoms with Crippen LogP contribution in [0.1, 0.15) is 26.5 Å². The molecule has 1 amide bonds. The zero-order valence-corrected chi connectivity index (χ0v) is 11.1. The molecule has 1 rings (SSSR count). The van der Waals surface area contributed by atoms with E-state index in [1.54, 1.807) is 32.9 Å². The molecule has 3 N–H and O–H groups in total. The number of nitrogens with zero attached hydrogens (tertiary/aromatic N) is 1. The first-order valence-corrected chi connectivity index (χ1v) is 5.63. The van der Waals surface area contributed by atoms with Crippen LogP contribution in [0.5, 0.6) is 0 Å². The Bertz CT molecular complexity index is 397. The highest BCUT2D eigenvalue weighted by Gasteiger charge is 2.48. The van der Waals surface area contributed by atoms with E-state index in [2.05, 4.69) is 20.9 Å². The summed E-state index contributed by atoms with van der Waals surface area (Å²) in [6, 6.07) is 3.29. The molecule has 1 aromatic heterocycles. The molecule has 0 aliphatic heterocycles. The number of amides is 1. The molecule has 0 spiro atoms. The molecule has 0 fully saturated rings. The molecule has 0 saturated heterocycles. The van der Waals surface area contributed by atoms with Gasteiger partial charge in [-0.25, -0.2) is 0 Å². The molecule has 0 saturated carbocycles. The maximum absolute atomic E-state index is 11.5. The normalized spacial score (nSPS) is 15.6. The molecule has 88 valence electrons. The van der Waals surface area contributed by atoms with Gasteiger partial charge in [0.25, 0.3) is 5.91 Å². The Morgan fingerprint density at radius 1 is 1.44 bits per heavy atom. The molecular weight excluding hydrogens is 272 g/mol. The SMILES string of the molecule is CC(C)(C)C(O)(C(N)=O)c1ccc(Br)cn1. The Morgan fingerprint density at radius 2 is 2.00 bits per heavy atom. The van der Waals surface area contributed by atoms with Gasteiger partial charge >= 0.3 is 0 Å². The van der Waals surface area contributed by atoms with Gasteiger partial charge in [0.05, 0.1) is 5.69 Å². The van der Waals surface area contributed by atoms with Gasteiger partial charge in [0.1, 0.15) is 0 Å². The Labute approximate surface area is 103 Å². The first kappa shape index (κ1) is 13.1. The lowest BCUT2D eigenvalue weighted by atomic mass is 9.73. The van der Waals surface area contributed by atoms with E-state index < -0.39 is 16.9 Å². The van der Waals surface area contributed by atoms with Gasteiger partial charge in [0.2, 0.25) is 0 Å². The second kappa shape index (κ2) is 4.14. The number of rotatable bonds is 2. The van der Waals surface area contributed by atoms with Gasteiger partial charge in [0, 0.05) is 16.1 Å². The summed E-state index contributed by atoms with van der Waals surface area (Å²) in [5.74, 6) is -0.796. The van der Waals surface area contributed by atoms with E-state index in [9.17, 15) is 9.90 Å². The Kier molecular flexibility index (Phi) is 3.40. The predicted octanol–water partition coefficient (Wildman–Crippen LogP) is 1.56. The van der Waals surface area contributed by atoms with Gasteiger partial charge in [-0.3, -0.25) is 9.78 Å². The third kappa shape index (κ3) is 2.10. The molecule has 0 bridgehead atoms. The summed E-state index contributed by atoms with van der Waals surface area (Å²) in [4.78, 5) is 15.5. The number of nitrogens with two attached hydrogens (primary N) is 1. The molecule has 1 atom stereocenters. The molecule has 0 radical (unpaired) electrons. The molecule has 1 aromatic rings. The fraction of sp³-hybridized carbons (Fsp3) is 0.455. The number of aromatic nitrogens is 1. The van der Waals surface area contributed by atoms with E-state index in [1.165, 1.54) is 6.20 Å². The van der Waals surface area contributed by atoms with Crippen LogP contribution in [-0.4, -0.2) is 16.0 Å². The van der Waals surface area contributed by atoms with Crippen molar-refractivity contribution in [1.82, 2.24) is 4.98 Å². The van der Waals surface area contributed by atoms with Crippen molar-refractivity contribution in [3.8, 4) is 0 Å². The minimum Gasteiger partial charge on any atom is -0.374 e. The lowest BCUT2D eigenvalue weighted by Gasteiger charge is -2.36. The molecule has 0 aliphatic rings. The highest BCUT2D eigenvalue weighted by molar-refractivity contribution is 9.10. The predicted molar refractivity (Wildman–Crippen MR) is 64.5 cm³/mol. The average molecular weight is 287 g/mol. The van der Waals surface area contributed by atoms with Crippen LogP contribution < -0.4 is 5.73 Å². The zero-order valence-electron chi connectivity index (χ0n) is 9.49. The van der Waals surface area contributed by atoms with Crippen LogP contribution >= 0.6 is 15.9 Å². The van der Waals surface area contributed by atoms with Crippen LogP contribution in [0.25, 0.3) is 0 Å². The van der Waals surface area contributed by atoms with Crippen molar-refractivity contribution in [2.45, 2.75) is 26.4 Å². The summed E-state index contributed by atoms with van der Waals surface area (Å²) in [6.07, 6.45) is 1.52. The number of hydrogen-bond donors (Lipinski definition) is 2. The molecule has 1 heterocycles. The van der Waals surface area contributed by atoms with Crippen LogP contribution in [0.4, 0.5) is 0 Å². The summed E-state index contributed by atoms with van der Waals surface area (Å²) in [5.41, 5.74) is 3.05. The minimum absolute atomic E-state index is 0.260. The molecule has 0 aliphatic carbocycles. The van der Waals surface area contributed by atoms with Gasteiger partial charge in [-0.1, -0.05) is 20.8 Å². The quantitative estimate of drug-likeness (QED) is 0.866. The molecular formula is C11H15BrN2O2. The summed E-state index contributed by atoms with van der Waals surface area (Å²) < 4.78 is 0.775. The fourth-order valence-corrected chi connectivity index (χ4v) is 1.70. The second-order valence-corrected chi connectivity index (χ2v) is 5.60. The highest BCUT2D eigenvalue weighted by atomic mass is 79.9. The van der Waals surface area contributed by atoms with E-state index in [0.717, 1.165) is 4.47 Å². The van der Waals surface area contributed by atoms with Gasteiger partial charge in [0.15, 0.2) is 5.60 Å². The smallest absolute Gasteiger partial charge is 0.256 e. The number of halogens is 1. The lowest BCUT2D eigenvalue weighted by molar-refractivity contribution is -0.151. The maximum atomic E-state index is 11.5. The Morgan fingerprint density at radius 3 is 2.31 bits per heavy atom.